The number of rotatable bonds is 6. The van der Waals surface area contributed by atoms with E-state index >= 15 is 0 Å². The Morgan fingerprint density at radius 1 is 1.18 bits per heavy atom. The van der Waals surface area contributed by atoms with Crippen molar-refractivity contribution in [2.45, 2.75) is 43.8 Å². The van der Waals surface area contributed by atoms with Gasteiger partial charge in [0.05, 0.1) is 21.3 Å². The van der Waals surface area contributed by atoms with Crippen LogP contribution in [0.4, 0.5) is 0 Å². The van der Waals surface area contributed by atoms with Crippen molar-refractivity contribution in [1.82, 2.24) is 0 Å². The molecule has 122 valence electrons. The van der Waals surface area contributed by atoms with Crippen LogP contribution in [0.15, 0.2) is 40.9 Å². The van der Waals surface area contributed by atoms with Gasteiger partial charge in [-0.1, -0.05) is 79.3 Å². The van der Waals surface area contributed by atoms with Crippen molar-refractivity contribution in [3.8, 4) is 0 Å². The van der Waals surface area contributed by atoms with E-state index in [2.05, 4.69) is 31.8 Å². The highest BCUT2D eigenvalue weighted by atomic mass is 35.5. The second kappa shape index (κ2) is 7.50. The summed E-state index contributed by atoms with van der Waals surface area (Å²) in [6.07, 6.45) is 3.75. The fraction of sp³-hybridized carbons (Fsp3) is 0.529. The van der Waals surface area contributed by atoms with Crippen molar-refractivity contribution < 1.29 is 9.47 Å². The quantitative estimate of drug-likeness (QED) is 0.607. The maximum Gasteiger partial charge on any atom is 0.194 e. The van der Waals surface area contributed by atoms with Gasteiger partial charge in [0.15, 0.2) is 5.79 Å². The van der Waals surface area contributed by atoms with Crippen molar-refractivity contribution in [1.29, 1.82) is 0 Å². The molecule has 0 aliphatic carbocycles. The summed E-state index contributed by atoms with van der Waals surface area (Å²) < 4.78 is 12.4. The number of halogens is 2. The lowest BCUT2D eigenvalue weighted by Crippen LogP contribution is -2.32. The molecule has 1 heterocycles. The topological polar surface area (TPSA) is 18.5 Å². The Morgan fingerprint density at radius 2 is 1.77 bits per heavy atom. The second-order valence-electron chi connectivity index (χ2n) is 6.78. The number of hydrogen-bond donors (Lipinski definition) is 0. The van der Waals surface area contributed by atoms with Crippen LogP contribution in [-0.4, -0.2) is 21.3 Å². The molecule has 0 bridgehead atoms. The standard InChI is InChI=1S/C17H24Cl2O2Si/c1-22(2,3)15(13-16(18)19)9-10-17(20-11-12-21-17)14-7-5-4-6-8-14/h4-8,13,15H,9-12H2,1-3H3. The Hall–Kier alpha value is -0.323. The van der Waals surface area contributed by atoms with Crippen molar-refractivity contribution in [3.63, 3.8) is 0 Å². The highest BCUT2D eigenvalue weighted by Gasteiger charge is 2.39. The Kier molecular flexibility index (Phi) is 6.14. The Labute approximate surface area is 144 Å². The van der Waals surface area contributed by atoms with Gasteiger partial charge in [-0.2, -0.15) is 0 Å². The van der Waals surface area contributed by atoms with E-state index in [1.54, 1.807) is 0 Å². The average Bonchev–Trinajstić information content (AvgIpc) is 2.93. The minimum atomic E-state index is -1.41. The predicted molar refractivity (Wildman–Crippen MR) is 96.1 cm³/mol. The molecule has 0 saturated carbocycles. The van der Waals surface area contributed by atoms with Gasteiger partial charge in [0.2, 0.25) is 0 Å². The fourth-order valence-corrected chi connectivity index (χ4v) is 5.06. The summed E-state index contributed by atoms with van der Waals surface area (Å²) in [5.41, 5.74) is 1.48. The van der Waals surface area contributed by atoms with Crippen LogP contribution < -0.4 is 0 Å². The Morgan fingerprint density at radius 3 is 2.27 bits per heavy atom. The van der Waals surface area contributed by atoms with Gasteiger partial charge in [0.1, 0.15) is 4.49 Å². The van der Waals surface area contributed by atoms with Crippen molar-refractivity contribution >= 4 is 31.3 Å². The van der Waals surface area contributed by atoms with Crippen LogP contribution in [0.3, 0.4) is 0 Å². The lowest BCUT2D eigenvalue weighted by Gasteiger charge is -2.32. The monoisotopic (exact) mass is 358 g/mol. The predicted octanol–water partition coefficient (Wildman–Crippen LogP) is 5.69. The molecule has 1 aromatic carbocycles. The molecule has 0 amide bonds. The molecular formula is C17H24Cl2O2Si. The average molecular weight is 359 g/mol. The largest absolute Gasteiger partial charge is 0.343 e. The van der Waals surface area contributed by atoms with E-state index in [4.69, 9.17) is 32.7 Å². The van der Waals surface area contributed by atoms with Crippen LogP contribution >= 0.6 is 23.2 Å². The van der Waals surface area contributed by atoms with E-state index in [1.807, 2.05) is 24.3 Å². The zero-order chi connectivity index (χ0) is 16.2. The lowest BCUT2D eigenvalue weighted by atomic mass is 9.99. The van der Waals surface area contributed by atoms with E-state index in [0.717, 1.165) is 18.4 Å². The molecule has 0 N–H and O–H groups in total. The fourth-order valence-electron chi connectivity index (χ4n) is 2.87. The summed E-state index contributed by atoms with van der Waals surface area (Å²) in [5.74, 6) is -0.619. The van der Waals surface area contributed by atoms with E-state index in [1.165, 1.54) is 0 Å². The summed E-state index contributed by atoms with van der Waals surface area (Å²) in [7, 11) is -1.41. The number of ether oxygens (including phenoxy) is 2. The molecule has 1 fully saturated rings. The van der Waals surface area contributed by atoms with Gasteiger partial charge in [0.25, 0.3) is 0 Å². The molecule has 0 radical (unpaired) electrons. The van der Waals surface area contributed by atoms with Gasteiger partial charge in [0, 0.05) is 12.0 Å². The van der Waals surface area contributed by atoms with Crippen LogP contribution in [0.5, 0.6) is 0 Å². The molecule has 5 heteroatoms. The van der Waals surface area contributed by atoms with E-state index in [-0.39, 0.29) is 0 Å². The SMILES string of the molecule is C[Si](C)(C)C(C=C(Cl)Cl)CCC1(c2ccccc2)OCCO1. The maximum atomic E-state index is 6.00. The molecule has 1 saturated heterocycles. The lowest BCUT2D eigenvalue weighted by molar-refractivity contribution is -0.171. The minimum Gasteiger partial charge on any atom is -0.343 e. The van der Waals surface area contributed by atoms with E-state index in [9.17, 15) is 0 Å². The van der Waals surface area contributed by atoms with Crippen LogP contribution in [0.1, 0.15) is 18.4 Å². The molecule has 2 rings (SSSR count). The van der Waals surface area contributed by atoms with E-state index < -0.39 is 13.9 Å². The van der Waals surface area contributed by atoms with Gasteiger partial charge in [-0.15, -0.1) is 0 Å². The number of benzene rings is 1. The molecule has 1 atom stereocenters. The Bertz CT molecular complexity index is 501. The Balaban J connectivity index is 2.17. The van der Waals surface area contributed by atoms with Gasteiger partial charge >= 0.3 is 0 Å². The first-order valence-corrected chi connectivity index (χ1v) is 12.0. The van der Waals surface area contributed by atoms with Gasteiger partial charge < -0.3 is 9.47 Å². The molecule has 0 aromatic heterocycles. The molecule has 1 aromatic rings. The van der Waals surface area contributed by atoms with Crippen molar-refractivity contribution in [2.75, 3.05) is 13.2 Å². The van der Waals surface area contributed by atoms with Crippen LogP contribution in [-0.2, 0) is 15.3 Å². The minimum absolute atomic E-state index is 0.356. The number of hydrogen-bond acceptors (Lipinski definition) is 2. The first-order valence-electron chi connectivity index (χ1n) is 7.70. The zero-order valence-corrected chi connectivity index (χ0v) is 16.0. The summed E-state index contributed by atoms with van der Waals surface area (Å²) in [5, 5.41) is 0. The third-order valence-corrected chi connectivity index (χ3v) is 7.12. The molecular weight excluding hydrogens is 335 g/mol. The maximum absolute atomic E-state index is 6.00. The highest BCUT2D eigenvalue weighted by molar-refractivity contribution is 6.78. The summed E-state index contributed by atoms with van der Waals surface area (Å²) in [4.78, 5) is 0. The molecule has 1 aliphatic heterocycles. The van der Waals surface area contributed by atoms with E-state index in [0.29, 0.717) is 23.2 Å². The van der Waals surface area contributed by atoms with Gasteiger partial charge in [-0.3, -0.25) is 0 Å². The summed E-state index contributed by atoms with van der Waals surface area (Å²) >= 11 is 11.8. The molecule has 22 heavy (non-hydrogen) atoms. The highest BCUT2D eigenvalue weighted by Crippen LogP contribution is 2.40. The third-order valence-electron chi connectivity index (χ3n) is 4.19. The normalized spacial score (nSPS) is 19.0. The van der Waals surface area contributed by atoms with Crippen molar-refractivity contribution in [2.24, 2.45) is 0 Å². The molecule has 1 aliphatic rings. The van der Waals surface area contributed by atoms with Crippen LogP contribution in [0.2, 0.25) is 25.2 Å². The smallest absolute Gasteiger partial charge is 0.194 e. The summed E-state index contributed by atoms with van der Waals surface area (Å²) in [6, 6.07) is 10.2. The number of allylic oxidation sites excluding steroid dienone is 1. The van der Waals surface area contributed by atoms with Gasteiger partial charge in [-0.05, 0) is 12.0 Å². The summed E-state index contributed by atoms with van der Waals surface area (Å²) in [6.45, 7) is 8.26. The molecule has 1 unspecified atom stereocenters. The van der Waals surface area contributed by atoms with Gasteiger partial charge in [-0.25, -0.2) is 0 Å². The first-order chi connectivity index (χ1) is 10.3. The first kappa shape index (κ1) is 18.0. The zero-order valence-electron chi connectivity index (χ0n) is 13.4. The van der Waals surface area contributed by atoms with Crippen LogP contribution in [0.25, 0.3) is 0 Å². The molecule has 2 nitrogen and oxygen atoms in total. The second-order valence-corrected chi connectivity index (χ2v) is 13.3. The third kappa shape index (κ3) is 4.59. The molecule has 0 spiro atoms. The van der Waals surface area contributed by atoms with Crippen molar-refractivity contribution in [3.05, 3.63) is 46.5 Å². The van der Waals surface area contributed by atoms with Crippen LogP contribution in [0, 0.1) is 0 Å².